The van der Waals surface area contributed by atoms with Crippen LogP contribution in [0, 0.1) is 0 Å². The molecule has 4 aliphatic heterocycles. The highest BCUT2D eigenvalue weighted by Crippen LogP contribution is 2.57. The van der Waals surface area contributed by atoms with Crippen LogP contribution < -0.4 is 31.7 Å². The van der Waals surface area contributed by atoms with Crippen LogP contribution in [0.15, 0.2) is 324 Å². The summed E-state index contributed by atoms with van der Waals surface area (Å²) in [5.74, 6) is 0. The van der Waals surface area contributed by atoms with E-state index in [1.54, 1.807) is 0 Å². The summed E-state index contributed by atoms with van der Waals surface area (Å²) in [6, 6.07) is 117. The Labute approximate surface area is 563 Å². The number of hydrogen-bond donors (Lipinski definition) is 0. The van der Waals surface area contributed by atoms with E-state index in [1.807, 2.05) is 0 Å². The van der Waals surface area contributed by atoms with Crippen molar-refractivity contribution >= 4 is 157 Å². The minimum absolute atomic E-state index is 0.258. The Balaban J connectivity index is 0.865. The molecule has 450 valence electrons. The van der Waals surface area contributed by atoms with Crippen molar-refractivity contribution in [2.45, 2.75) is 0 Å². The van der Waals surface area contributed by atoms with Gasteiger partial charge in [-0.05, 0) is 157 Å². The van der Waals surface area contributed by atoms with Crippen molar-refractivity contribution in [3.63, 3.8) is 0 Å². The van der Waals surface area contributed by atoms with Crippen molar-refractivity contribution in [3.8, 4) is 66.8 Å². The Bertz CT molecular complexity index is 6650. The van der Waals surface area contributed by atoms with Gasteiger partial charge in [-0.2, -0.15) is 0 Å². The van der Waals surface area contributed by atoms with Crippen LogP contribution in [-0.2, 0) is 0 Å². The molecule has 23 rings (SSSR count). The van der Waals surface area contributed by atoms with Gasteiger partial charge in [0.05, 0.1) is 5.69 Å². The second-order valence-electron chi connectivity index (χ2n) is 26.9. The lowest BCUT2D eigenvalue weighted by atomic mass is 9.44. The Morgan fingerprint density at radius 1 is 0.245 bits per heavy atom. The van der Waals surface area contributed by atoms with Gasteiger partial charge in [0.2, 0.25) is 0 Å². The van der Waals surface area contributed by atoms with Gasteiger partial charge >= 0.3 is 13.7 Å². The van der Waals surface area contributed by atoms with Crippen LogP contribution in [-0.4, -0.2) is 22.7 Å². The molecule has 15 aromatic carbocycles. The van der Waals surface area contributed by atoms with Crippen molar-refractivity contribution in [2.75, 3.05) is 9.80 Å². The maximum atomic E-state index is 7.02. The van der Waals surface area contributed by atoms with Crippen molar-refractivity contribution in [3.05, 3.63) is 315 Å². The number of rotatable bonds is 6. The average molecular weight is 1240 g/mol. The van der Waals surface area contributed by atoms with Gasteiger partial charge in [0.25, 0.3) is 0 Å². The molecule has 0 radical (unpaired) electrons. The minimum Gasteiger partial charge on any atom is -0.456 e. The third-order valence-electron chi connectivity index (χ3n) is 22.0. The summed E-state index contributed by atoms with van der Waals surface area (Å²) in [5, 5.41) is 9.33. The highest BCUT2D eigenvalue weighted by Gasteiger charge is 2.49. The van der Waals surface area contributed by atoms with E-state index in [0.717, 1.165) is 117 Å². The van der Waals surface area contributed by atoms with Gasteiger partial charge in [0.15, 0.2) is 0 Å². The largest absolute Gasteiger partial charge is 0.456 e. The molecule has 19 aromatic rings. The molecule has 0 unspecified atom stereocenters. The second-order valence-corrected chi connectivity index (χ2v) is 26.9. The van der Waals surface area contributed by atoms with Crippen LogP contribution in [0.2, 0.25) is 0 Å². The number of fused-ring (bicyclic) bond motifs is 22. The maximum absolute atomic E-state index is 7.02. The van der Waals surface area contributed by atoms with Crippen LogP contribution in [0.1, 0.15) is 0 Å². The topological polar surface area (TPSA) is 42.6 Å². The fraction of sp³-hybridized carbons (Fsp3) is 0. The summed E-state index contributed by atoms with van der Waals surface area (Å²) >= 11 is 0. The highest BCUT2D eigenvalue weighted by atomic mass is 16.3. The molecule has 0 spiro atoms. The molecule has 0 amide bonds. The number of furan rings is 2. The predicted octanol–water partition coefficient (Wildman–Crippen LogP) is 21.2. The van der Waals surface area contributed by atoms with Crippen LogP contribution in [0.25, 0.3) is 154 Å². The summed E-state index contributed by atoms with van der Waals surface area (Å²) in [4.78, 5) is 5.18. The lowest BCUT2D eigenvalue weighted by Gasteiger charge is -2.42. The van der Waals surface area contributed by atoms with Gasteiger partial charge in [0.1, 0.15) is 22.3 Å². The number of benzene rings is 15. The summed E-state index contributed by atoms with van der Waals surface area (Å²) in [6.45, 7) is -0.521. The molecule has 0 atom stereocenters. The smallest absolute Gasteiger partial charge is 0.333 e. The van der Waals surface area contributed by atoms with E-state index in [-0.39, 0.29) is 13.7 Å². The van der Waals surface area contributed by atoms with E-state index in [1.165, 1.54) is 93.3 Å². The fourth-order valence-electron chi connectivity index (χ4n) is 18.1. The van der Waals surface area contributed by atoms with Crippen LogP contribution >= 0.6 is 0 Å². The van der Waals surface area contributed by atoms with Crippen LogP contribution in [0.4, 0.5) is 34.1 Å². The summed E-state index contributed by atoms with van der Waals surface area (Å²) in [7, 11) is 0. The van der Waals surface area contributed by atoms with Crippen LogP contribution in [0.5, 0.6) is 0 Å². The van der Waals surface area contributed by atoms with Gasteiger partial charge in [-0.3, -0.25) is 0 Å². The van der Waals surface area contributed by atoms with Crippen molar-refractivity contribution in [2.24, 2.45) is 0 Å². The standard InChI is InChI=1S/C90H52B2N4O2/c1-5-23-53(24-6-1)57-43-44-61(56-29-11-4-12-30-56)76(48-57)94-75-40-22-36-67-86-84-64-33-13-17-37-72(64)95-89(84)85(83-65-34-14-18-38-73(65)96(90(83)86)92(88(67)75)71-52-82-69(50-78(71)94)63-32-16-20-42-80(63)98-82)66-35-21-39-74-87(66)91(95)70-51-81-68(62-31-15-19-41-79(62)97-81)49-77(70)93(74)60-46-58(54-25-7-2-8-26-54)45-59(47-60)55-27-9-3-10-28-55/h1-52H. The fourth-order valence-corrected chi connectivity index (χ4v) is 18.1. The van der Waals surface area contributed by atoms with Gasteiger partial charge in [-0.25, -0.2) is 0 Å². The molecule has 8 heterocycles. The molecule has 0 bridgehead atoms. The number of para-hydroxylation sites is 4. The number of nitrogens with zero attached hydrogens (tertiary/aromatic N) is 4. The first-order chi connectivity index (χ1) is 48.6. The van der Waals surface area contributed by atoms with Gasteiger partial charge in [-0.15, -0.1) is 0 Å². The SMILES string of the molecule is c1ccc(-c2cc(-c3ccccc3)cc(N3c4cc5c(cc4B4c6c(cccc63)-c3c6c7ccccc7n7c6c(c6c8ccccc8n4c36)-c3cccc4c3B7c3cc6oc7ccccc7c6cc3N4c3cc(-c4ccccc4)ccc3-c3ccccc3)oc3ccccc35)c2)cc1. The first kappa shape index (κ1) is 52.6. The van der Waals surface area contributed by atoms with E-state index >= 15 is 0 Å². The first-order valence-corrected chi connectivity index (χ1v) is 33.9. The number of aromatic nitrogens is 2. The molecule has 8 heteroatoms. The normalized spacial score (nSPS) is 13.2. The molecule has 0 aliphatic carbocycles. The second kappa shape index (κ2) is 19.4. The number of anilines is 6. The highest BCUT2D eigenvalue weighted by molar-refractivity contribution is 6.92. The van der Waals surface area contributed by atoms with Gasteiger partial charge < -0.3 is 27.6 Å². The maximum Gasteiger partial charge on any atom is 0.333 e. The van der Waals surface area contributed by atoms with Crippen LogP contribution in [0.3, 0.4) is 0 Å². The van der Waals surface area contributed by atoms with E-state index in [4.69, 9.17) is 8.83 Å². The molecule has 0 saturated heterocycles. The lowest BCUT2D eigenvalue weighted by Crippen LogP contribution is -2.57. The molecular formula is C90H52B2N4O2. The Kier molecular flexibility index (Phi) is 10.4. The van der Waals surface area contributed by atoms with Crippen molar-refractivity contribution in [1.29, 1.82) is 0 Å². The minimum atomic E-state index is -0.263. The van der Waals surface area contributed by atoms with Gasteiger partial charge in [0, 0.05) is 110 Å². The lowest BCUT2D eigenvalue weighted by molar-refractivity contribution is 0.669. The molecule has 98 heavy (non-hydrogen) atoms. The van der Waals surface area contributed by atoms with E-state index < -0.39 is 0 Å². The quantitative estimate of drug-likeness (QED) is 0.156. The van der Waals surface area contributed by atoms with E-state index in [9.17, 15) is 0 Å². The van der Waals surface area contributed by atoms with Crippen molar-refractivity contribution in [1.82, 2.24) is 8.96 Å². The first-order valence-electron chi connectivity index (χ1n) is 33.9. The summed E-state index contributed by atoms with van der Waals surface area (Å²) < 4.78 is 19.5. The number of hydrogen-bond acceptors (Lipinski definition) is 4. The van der Waals surface area contributed by atoms with Crippen molar-refractivity contribution < 1.29 is 8.83 Å². The third-order valence-corrected chi connectivity index (χ3v) is 22.0. The Morgan fingerprint density at radius 2 is 0.673 bits per heavy atom. The predicted molar refractivity (Wildman–Crippen MR) is 410 cm³/mol. The molecule has 4 aliphatic rings. The van der Waals surface area contributed by atoms with Gasteiger partial charge in [-0.1, -0.05) is 231 Å². The molecule has 0 fully saturated rings. The molecule has 4 aromatic heterocycles. The van der Waals surface area contributed by atoms with E-state index in [2.05, 4.69) is 334 Å². The monoisotopic (exact) mass is 1240 g/mol. The summed E-state index contributed by atoms with van der Waals surface area (Å²) in [6.07, 6.45) is 0. The molecule has 6 nitrogen and oxygen atoms in total. The zero-order valence-electron chi connectivity index (χ0n) is 52.8. The Morgan fingerprint density at radius 3 is 1.18 bits per heavy atom. The molecule has 0 saturated carbocycles. The zero-order chi connectivity index (χ0) is 63.6. The average Bonchev–Trinajstić information content (AvgIpc) is 1.45. The van der Waals surface area contributed by atoms with E-state index in [0.29, 0.717) is 0 Å². The molecule has 0 N–H and O–H groups in total. The molecular weight excluding hydrogens is 1190 g/mol. The zero-order valence-corrected chi connectivity index (χ0v) is 52.8. The Hall–Kier alpha value is -12.8. The third kappa shape index (κ3) is 6.97. The summed E-state index contributed by atoms with van der Waals surface area (Å²) in [5.41, 5.74) is 34.2.